The lowest BCUT2D eigenvalue weighted by atomic mass is 9.36. The molecule has 178 valence electrons. The third kappa shape index (κ3) is 2.77. The molecular weight excluding hydrogens is 413 g/mol. The molecule has 1 unspecified atom stereocenters. The molecule has 5 rings (SSSR count). The summed E-state index contributed by atoms with van der Waals surface area (Å²) in [4.78, 5) is 26.7. The summed E-state index contributed by atoms with van der Waals surface area (Å²) in [6.07, 6.45) is 8.96. The van der Waals surface area contributed by atoms with Crippen LogP contribution in [0.4, 0.5) is 4.39 Å². The summed E-state index contributed by atoms with van der Waals surface area (Å²) in [5.41, 5.74) is -0.937. The molecule has 0 heterocycles. The number of hydrogen-bond donors (Lipinski definition) is 0. The van der Waals surface area contributed by atoms with Gasteiger partial charge < -0.3 is 0 Å². The van der Waals surface area contributed by atoms with Gasteiger partial charge >= 0.3 is 0 Å². The first-order valence-corrected chi connectivity index (χ1v) is 12.9. The van der Waals surface area contributed by atoms with Crippen LogP contribution in [0.3, 0.4) is 0 Å². The van der Waals surface area contributed by atoms with Crippen LogP contribution in [-0.2, 0) is 9.59 Å². The minimum absolute atomic E-state index is 0.0525. The molecule has 8 atom stereocenters. The maximum Gasteiger partial charge on any atom is 0.176 e. The van der Waals surface area contributed by atoms with Crippen molar-refractivity contribution in [1.82, 2.24) is 0 Å². The summed E-state index contributed by atoms with van der Waals surface area (Å²) in [6.45, 7) is 13.0. The highest BCUT2D eigenvalue weighted by atomic mass is 19.1. The number of nitriles is 1. The quantitative estimate of drug-likeness (QED) is 0.420. The maximum absolute atomic E-state index is 16.3. The van der Waals surface area contributed by atoms with Gasteiger partial charge in [-0.15, -0.1) is 0 Å². The number of halogens is 1. The summed E-state index contributed by atoms with van der Waals surface area (Å²) < 4.78 is 16.3. The fraction of sp³-hybridized carbons (Fsp3) is 0.759. The van der Waals surface area contributed by atoms with Gasteiger partial charge in [0.1, 0.15) is 11.7 Å². The number of carbonyl (C=O) groups is 2. The SMILES string of the molecule is C[C@@H]1C(=O)C(C#N)=C[C@]2(C)C3=CC(=O)C4[C@H]5CC(C)(C)CC[C@]5(F)CC[C@@]4(C)[C@]3(C)CC[C@@H]12. The predicted octanol–water partition coefficient (Wildman–Crippen LogP) is 6.54. The fourth-order valence-electron chi connectivity index (χ4n) is 9.19. The van der Waals surface area contributed by atoms with E-state index < -0.39 is 11.1 Å². The summed E-state index contributed by atoms with van der Waals surface area (Å²) >= 11 is 0. The van der Waals surface area contributed by atoms with E-state index in [0.717, 1.165) is 31.3 Å². The molecule has 0 amide bonds. The van der Waals surface area contributed by atoms with Gasteiger partial charge in [-0.3, -0.25) is 9.59 Å². The van der Waals surface area contributed by atoms with Gasteiger partial charge in [0.25, 0.3) is 0 Å². The lowest BCUT2D eigenvalue weighted by Crippen LogP contribution is -2.64. The van der Waals surface area contributed by atoms with Crippen molar-refractivity contribution in [2.45, 2.75) is 92.2 Å². The number of Topliss-reactive ketones (excluding diaryl/α,β-unsaturated/α-hetero) is 1. The summed E-state index contributed by atoms with van der Waals surface area (Å²) in [5, 5.41) is 9.67. The van der Waals surface area contributed by atoms with Gasteiger partial charge in [-0.2, -0.15) is 5.26 Å². The van der Waals surface area contributed by atoms with E-state index in [1.54, 1.807) is 0 Å². The molecule has 3 saturated carbocycles. The largest absolute Gasteiger partial charge is 0.295 e. The van der Waals surface area contributed by atoms with Crippen LogP contribution < -0.4 is 0 Å². The number of alkyl halides is 1. The van der Waals surface area contributed by atoms with Gasteiger partial charge in [-0.1, -0.05) is 53.2 Å². The number of rotatable bonds is 0. The van der Waals surface area contributed by atoms with Crippen molar-refractivity contribution < 1.29 is 14.0 Å². The highest BCUT2D eigenvalue weighted by molar-refractivity contribution is 6.02. The Labute approximate surface area is 197 Å². The zero-order chi connectivity index (χ0) is 24.2. The Morgan fingerprint density at radius 2 is 1.67 bits per heavy atom. The maximum atomic E-state index is 16.3. The van der Waals surface area contributed by atoms with Gasteiger partial charge in [0.05, 0.1) is 5.57 Å². The number of allylic oxidation sites excluding steroid dienone is 4. The summed E-state index contributed by atoms with van der Waals surface area (Å²) in [5.74, 6) is -0.666. The van der Waals surface area contributed by atoms with Crippen molar-refractivity contribution in [3.05, 3.63) is 23.3 Å². The van der Waals surface area contributed by atoms with Crippen molar-refractivity contribution in [2.75, 3.05) is 0 Å². The summed E-state index contributed by atoms with van der Waals surface area (Å²) in [7, 11) is 0. The number of hydrogen-bond acceptors (Lipinski definition) is 3. The average Bonchev–Trinajstić information content (AvgIpc) is 2.74. The van der Waals surface area contributed by atoms with Crippen molar-refractivity contribution in [2.24, 2.45) is 45.3 Å². The number of nitrogens with zero attached hydrogens (tertiary/aromatic N) is 1. The first-order chi connectivity index (χ1) is 15.2. The molecule has 0 radical (unpaired) electrons. The highest BCUT2D eigenvalue weighted by Crippen LogP contribution is 2.72. The first-order valence-electron chi connectivity index (χ1n) is 12.9. The molecule has 4 heteroatoms. The molecule has 5 aliphatic rings. The molecule has 3 fully saturated rings. The average molecular weight is 452 g/mol. The monoisotopic (exact) mass is 451 g/mol. The fourth-order valence-corrected chi connectivity index (χ4v) is 9.19. The van der Waals surface area contributed by atoms with Gasteiger partial charge in [-0.05, 0) is 73.2 Å². The molecular formula is C29H38FNO2. The molecule has 0 aromatic rings. The van der Waals surface area contributed by atoms with E-state index >= 15 is 4.39 Å². The van der Waals surface area contributed by atoms with E-state index in [9.17, 15) is 14.9 Å². The van der Waals surface area contributed by atoms with E-state index in [1.165, 1.54) is 0 Å². The molecule has 0 saturated heterocycles. The van der Waals surface area contributed by atoms with Crippen LogP contribution in [0.25, 0.3) is 0 Å². The minimum atomic E-state index is -1.24. The Morgan fingerprint density at radius 3 is 2.33 bits per heavy atom. The third-order valence-corrected chi connectivity index (χ3v) is 11.4. The van der Waals surface area contributed by atoms with E-state index in [0.29, 0.717) is 19.3 Å². The van der Waals surface area contributed by atoms with Gasteiger partial charge in [0.15, 0.2) is 11.6 Å². The predicted molar refractivity (Wildman–Crippen MR) is 126 cm³/mol. The Balaban J connectivity index is 1.68. The zero-order valence-electron chi connectivity index (χ0n) is 21.1. The van der Waals surface area contributed by atoms with Crippen molar-refractivity contribution >= 4 is 11.6 Å². The highest BCUT2D eigenvalue weighted by Gasteiger charge is 2.69. The van der Waals surface area contributed by atoms with Gasteiger partial charge in [0.2, 0.25) is 0 Å². The smallest absolute Gasteiger partial charge is 0.176 e. The van der Waals surface area contributed by atoms with Gasteiger partial charge in [0, 0.05) is 23.2 Å². The molecule has 33 heavy (non-hydrogen) atoms. The molecule has 3 nitrogen and oxygen atoms in total. The van der Waals surface area contributed by atoms with Crippen LogP contribution in [0.1, 0.15) is 86.5 Å². The summed E-state index contributed by atoms with van der Waals surface area (Å²) in [6, 6.07) is 2.13. The van der Waals surface area contributed by atoms with E-state index in [4.69, 9.17) is 0 Å². The number of ketones is 2. The van der Waals surface area contributed by atoms with Crippen LogP contribution >= 0.6 is 0 Å². The first kappa shape index (κ1) is 23.0. The molecule has 0 spiro atoms. The number of fused-ring (bicyclic) bond motifs is 7. The number of carbonyl (C=O) groups excluding carboxylic acids is 2. The third-order valence-electron chi connectivity index (χ3n) is 11.4. The Hall–Kier alpha value is -1.76. The normalized spacial score (nSPS) is 50.6. The van der Waals surface area contributed by atoms with Crippen molar-refractivity contribution in [1.29, 1.82) is 5.26 Å². The zero-order valence-corrected chi connectivity index (χ0v) is 21.1. The van der Waals surface area contributed by atoms with Crippen LogP contribution in [0.5, 0.6) is 0 Å². The Morgan fingerprint density at radius 1 is 1.00 bits per heavy atom. The Kier molecular flexibility index (Phi) is 4.65. The Bertz CT molecular complexity index is 1050. The molecule has 0 bridgehead atoms. The lowest BCUT2D eigenvalue weighted by Gasteiger charge is -2.67. The molecule has 0 aliphatic heterocycles. The van der Waals surface area contributed by atoms with E-state index in [2.05, 4.69) is 40.7 Å². The van der Waals surface area contributed by atoms with Crippen LogP contribution in [0.2, 0.25) is 0 Å². The van der Waals surface area contributed by atoms with Gasteiger partial charge in [-0.25, -0.2) is 4.39 Å². The molecule has 5 aliphatic carbocycles. The van der Waals surface area contributed by atoms with Crippen molar-refractivity contribution in [3.8, 4) is 6.07 Å². The second-order valence-electron chi connectivity index (χ2n) is 13.4. The molecule has 0 aromatic heterocycles. The molecule has 0 N–H and O–H groups in total. The standard InChI is InChI=1S/C29H38FNO2/c1-17-19-7-8-27(5)22(26(19,4)14-18(16-31)24(17)33)13-21(32)23-20-15-25(2,3)9-11-29(20,30)12-10-28(23,27)6/h13-14,17,19-20,23H,7-12,15H2,1-6H3/t17-,19-,20+,23?,26-,27+,28+,29-/m0/s1. The minimum Gasteiger partial charge on any atom is -0.295 e. The van der Waals surface area contributed by atoms with Crippen LogP contribution in [-0.4, -0.2) is 17.2 Å². The van der Waals surface area contributed by atoms with Crippen LogP contribution in [0, 0.1) is 56.7 Å². The lowest BCUT2D eigenvalue weighted by molar-refractivity contribution is -0.173. The van der Waals surface area contributed by atoms with E-state index in [-0.39, 0.29) is 57.1 Å². The van der Waals surface area contributed by atoms with E-state index in [1.807, 2.05) is 19.1 Å². The molecule has 0 aromatic carbocycles. The van der Waals surface area contributed by atoms with Crippen molar-refractivity contribution in [3.63, 3.8) is 0 Å². The second-order valence-corrected chi connectivity index (χ2v) is 13.4. The topological polar surface area (TPSA) is 57.9 Å². The second kappa shape index (κ2) is 6.67. The van der Waals surface area contributed by atoms with Crippen LogP contribution in [0.15, 0.2) is 23.3 Å².